The van der Waals surface area contributed by atoms with E-state index in [1.165, 1.54) is 56.7 Å². The molecular weight excluding hydrogens is 1030 g/mol. The summed E-state index contributed by atoms with van der Waals surface area (Å²) >= 11 is 0. The smallest absolute Gasteiger partial charge is 0.462 e. The van der Waals surface area contributed by atoms with Gasteiger partial charge in [0.25, 0.3) is 0 Å². The van der Waals surface area contributed by atoms with E-state index in [2.05, 4.69) is 40.5 Å². The Bertz CT molecular complexity index is 2150. The maximum absolute atomic E-state index is 13.7. The molecule has 2 fully saturated rings. The molecule has 1 aromatic heterocycles. The molecule has 9 N–H and O–H groups in total. The summed E-state index contributed by atoms with van der Waals surface area (Å²) in [6.45, 7) is 1.27. The number of hydrogen-bond acceptors (Lipinski definition) is 19. The Morgan fingerprint density at radius 2 is 1.45 bits per heavy atom. The molecule has 0 saturated carbocycles. The molecule has 2 saturated heterocycles. The normalized spacial score (nSPS) is 29.8. The second-order valence-electron chi connectivity index (χ2n) is 19.3. The van der Waals surface area contributed by atoms with Crippen molar-refractivity contribution in [1.82, 2.24) is 9.55 Å². The molecule has 22 nitrogen and oxygen atoms in total. The molecule has 2 unspecified atom stereocenters. The topological polar surface area (TPSA) is 343 Å². The number of ketones is 1. The van der Waals surface area contributed by atoms with Crippen molar-refractivity contribution in [2.75, 3.05) is 25.6 Å². The lowest BCUT2D eigenvalue weighted by atomic mass is 9.82. The largest absolute Gasteiger partial charge is 0.481 e. The zero-order chi connectivity index (χ0) is 55.9. The van der Waals surface area contributed by atoms with Crippen LogP contribution in [0.5, 0.6) is 0 Å². The quantitative estimate of drug-likeness (QED) is 0.0226. The molecule has 3 rings (SSSR count). The average molecular weight is 1120 g/mol. The first-order chi connectivity index (χ1) is 36.3. The van der Waals surface area contributed by atoms with Gasteiger partial charge < -0.3 is 55.3 Å². The van der Waals surface area contributed by atoms with Crippen molar-refractivity contribution in [1.29, 1.82) is 0 Å². The number of phosphoric acid groups is 2. The van der Waals surface area contributed by atoms with E-state index in [1.54, 1.807) is 0 Å². The summed E-state index contributed by atoms with van der Waals surface area (Å²) in [6.07, 6.45) is 14.4. The number of allylic oxidation sites excluding steroid dienone is 6. The molecule has 0 radical (unpaired) electrons. The van der Waals surface area contributed by atoms with Crippen molar-refractivity contribution in [3.8, 4) is 0 Å². The van der Waals surface area contributed by atoms with Gasteiger partial charge in [-0.1, -0.05) is 114 Å². The molecule has 2 aliphatic heterocycles. The molecule has 0 aliphatic carbocycles. The predicted molar refractivity (Wildman–Crippen MR) is 282 cm³/mol. The van der Waals surface area contributed by atoms with Crippen LogP contribution < -0.4 is 11.4 Å². The van der Waals surface area contributed by atoms with E-state index in [0.29, 0.717) is 25.7 Å². The van der Waals surface area contributed by atoms with Crippen LogP contribution >= 0.6 is 15.6 Å². The number of carbonyl (C=O) groups is 3. The number of hydrogen-bond donors (Lipinski definition) is 8. The molecule has 2 aliphatic rings. The van der Waals surface area contributed by atoms with Crippen molar-refractivity contribution >= 4 is 39.2 Å². The second-order valence-corrected chi connectivity index (χ2v) is 22.4. The molecule has 0 aromatic carbocycles. The standard InChI is InChI=1S/C52H85N3O19P2/c1-3-5-7-8-9-10-11-12-13-14-15-16-17-18-19-20-22-27-47(60)69-35-40-36-70-75(65,66)74-76(67,68)71-37-45-50(63)49(62)41(30-29-38(56)25-21-6-4-2)43(58)34-44(59)42(33-39(57)26-23-24-28-48(61)72-40)51(73-45)55-32-31-46(53)54-52(55)64/h12-13,15-16,18-19,29-32,38,40-45,49-51,56,58-59,62-63H,3-11,14,17,20-28,33-37H2,1-2H3,(H,65,66)(H,67,68)(H2,53,54,64)/b13-12-,16-15-,19-18-,30-29-/t38-,40+,41-,42-,43+,44-,45+,49-,50+,51+/m0/s1. The molecular formula is C52H85N3O19P2. The Labute approximate surface area is 446 Å². The van der Waals surface area contributed by atoms with Gasteiger partial charge in [0.1, 0.15) is 36.6 Å². The van der Waals surface area contributed by atoms with E-state index in [0.717, 1.165) is 42.9 Å². The third-order valence-corrected chi connectivity index (χ3v) is 15.4. The third kappa shape index (κ3) is 26.8. The Morgan fingerprint density at radius 3 is 2.13 bits per heavy atom. The number of nitrogens with two attached hydrogens (primary N) is 1. The molecule has 0 amide bonds. The number of nitrogens with zero attached hydrogens (tertiary/aromatic N) is 2. The number of rotatable bonds is 24. The number of esters is 2. The first-order valence-electron chi connectivity index (χ1n) is 26.8. The van der Waals surface area contributed by atoms with Gasteiger partial charge in [0, 0.05) is 50.1 Å². The minimum atomic E-state index is -5.77. The molecule has 24 heteroatoms. The van der Waals surface area contributed by atoms with Crippen LogP contribution in [0.15, 0.2) is 65.7 Å². The van der Waals surface area contributed by atoms with Crippen LogP contribution in [0.2, 0.25) is 0 Å². The monoisotopic (exact) mass is 1120 g/mol. The number of fused-ring (bicyclic) bond motifs is 3. The van der Waals surface area contributed by atoms with Crippen molar-refractivity contribution in [3.05, 3.63) is 71.4 Å². The number of aliphatic hydroxyl groups is 5. The number of ether oxygens (including phenoxy) is 3. The number of aliphatic hydroxyl groups excluding tert-OH is 5. The molecule has 432 valence electrons. The zero-order valence-electron chi connectivity index (χ0n) is 44.1. The summed E-state index contributed by atoms with van der Waals surface area (Å²) in [5, 5.41) is 57.4. The SMILES string of the molecule is CCCCCCCC/C=C\C/C=C\C/C=C\CCCC(=O)OC[C@@H]1COP(=O)(O)OP(=O)(O)OC[C@H]2O[C@@H](n3ccc(N)nc3=O)[C@@H](CC(=O)CCCCC(=O)O1)[C@@H](O)C[C@@H](O)[C@H](/C=C\[C@@H](O)CCCCC)[C@H](O)[C@@H]2O. The average Bonchev–Trinajstić information content (AvgIpc) is 3.35. The van der Waals surface area contributed by atoms with Gasteiger partial charge in [-0.2, -0.15) is 9.29 Å². The van der Waals surface area contributed by atoms with Crippen LogP contribution in [0.25, 0.3) is 0 Å². The lowest BCUT2D eigenvalue weighted by Gasteiger charge is -2.40. The van der Waals surface area contributed by atoms with Gasteiger partial charge in [0.05, 0.1) is 37.6 Å². The summed E-state index contributed by atoms with van der Waals surface area (Å²) in [5.41, 5.74) is 4.66. The summed E-state index contributed by atoms with van der Waals surface area (Å²) in [4.78, 5) is 77.9. The Balaban J connectivity index is 1.77. The Morgan fingerprint density at radius 1 is 0.829 bits per heavy atom. The summed E-state index contributed by atoms with van der Waals surface area (Å²) in [5.74, 6) is -5.25. The zero-order valence-corrected chi connectivity index (χ0v) is 45.9. The van der Waals surface area contributed by atoms with E-state index in [9.17, 15) is 63.6 Å². The Kier molecular flexibility index (Phi) is 31.9. The molecule has 3 heterocycles. The molecule has 76 heavy (non-hydrogen) atoms. The number of anilines is 1. The van der Waals surface area contributed by atoms with Crippen molar-refractivity contribution in [2.24, 2.45) is 11.8 Å². The van der Waals surface area contributed by atoms with E-state index in [4.69, 9.17) is 29.0 Å². The summed E-state index contributed by atoms with van der Waals surface area (Å²) in [7, 11) is -11.4. The van der Waals surface area contributed by atoms with E-state index >= 15 is 0 Å². The number of unbranched alkanes of at least 4 members (excludes halogenated alkanes) is 9. The lowest BCUT2D eigenvalue weighted by molar-refractivity contribution is -0.196. The van der Waals surface area contributed by atoms with Crippen molar-refractivity contribution in [2.45, 2.75) is 204 Å². The molecule has 2 bridgehead atoms. The van der Waals surface area contributed by atoms with Gasteiger partial charge in [0.15, 0.2) is 6.10 Å². The highest BCUT2D eigenvalue weighted by Gasteiger charge is 2.45. The van der Waals surface area contributed by atoms with E-state index < -0.39 is 133 Å². The maximum Gasteiger partial charge on any atom is 0.481 e. The van der Waals surface area contributed by atoms with Crippen molar-refractivity contribution in [3.63, 3.8) is 0 Å². The lowest BCUT2D eigenvalue weighted by Crippen LogP contribution is -2.52. The van der Waals surface area contributed by atoms with Crippen molar-refractivity contribution < 1.29 is 86.4 Å². The van der Waals surface area contributed by atoms with Gasteiger partial charge in [-0.15, -0.1) is 0 Å². The van der Waals surface area contributed by atoms with Gasteiger partial charge >= 0.3 is 33.3 Å². The molecule has 1 aromatic rings. The first kappa shape index (κ1) is 66.5. The van der Waals surface area contributed by atoms with Gasteiger partial charge in [-0.25, -0.2) is 13.9 Å². The second kappa shape index (κ2) is 36.4. The highest BCUT2D eigenvalue weighted by atomic mass is 31.3. The van der Waals surface area contributed by atoms with Crippen LogP contribution in [0, 0.1) is 11.8 Å². The fourth-order valence-electron chi connectivity index (χ4n) is 8.55. The van der Waals surface area contributed by atoms with E-state index in [1.807, 2.05) is 19.1 Å². The highest BCUT2D eigenvalue weighted by molar-refractivity contribution is 7.61. The minimum absolute atomic E-state index is 0.0192. The summed E-state index contributed by atoms with van der Waals surface area (Å²) < 4.78 is 58.6. The fourth-order valence-corrected chi connectivity index (χ4v) is 10.7. The number of nitrogen functional groups attached to an aromatic ring is 1. The van der Waals surface area contributed by atoms with Gasteiger partial charge in [-0.05, 0) is 63.9 Å². The van der Waals surface area contributed by atoms with Crippen LogP contribution in [0.4, 0.5) is 5.82 Å². The van der Waals surface area contributed by atoms with Crippen LogP contribution in [0.1, 0.15) is 161 Å². The maximum atomic E-state index is 13.7. The predicted octanol–water partition coefficient (Wildman–Crippen LogP) is 6.89. The Hall–Kier alpha value is -3.73. The number of carbonyl (C=O) groups excluding carboxylic acids is 3. The fraction of sp³-hybridized carbons (Fsp3) is 0.712. The van der Waals surface area contributed by atoms with Crippen LogP contribution in [0.3, 0.4) is 0 Å². The number of cyclic esters (lactones) is 1. The van der Waals surface area contributed by atoms with Crippen LogP contribution in [-0.2, 0) is 51.1 Å². The molecule has 0 spiro atoms. The van der Waals surface area contributed by atoms with Crippen LogP contribution in [-0.4, -0.2) is 125 Å². The van der Waals surface area contributed by atoms with Gasteiger partial charge in [-0.3, -0.25) is 28.0 Å². The minimum Gasteiger partial charge on any atom is -0.462 e. The molecule has 12 atom stereocenters. The number of Topliss-reactive ketones (excluding diaryl/α,β-unsaturated/α-hetero) is 1. The summed E-state index contributed by atoms with van der Waals surface area (Å²) in [6, 6.07) is 1.18. The number of aromatic nitrogens is 2. The third-order valence-electron chi connectivity index (χ3n) is 12.8. The van der Waals surface area contributed by atoms with E-state index in [-0.39, 0.29) is 37.9 Å². The first-order valence-corrected chi connectivity index (χ1v) is 29.8. The number of phosphoric ester groups is 2. The highest BCUT2D eigenvalue weighted by Crippen LogP contribution is 2.60. The van der Waals surface area contributed by atoms with Gasteiger partial charge in [0.2, 0.25) is 0 Å².